The SMILES string of the molecule is c1ccc(-c2ccc3c(c2)sc2cc(N(c4ccc(-c5cccc6cccc(-c7ccccc7)c56)cc4)c4cccc(-n5c6ccccc6c6ccccc65)c4)ccc23)cc1. The zero-order chi connectivity index (χ0) is 40.3. The number of hydrogen-bond acceptors (Lipinski definition) is 2. The lowest BCUT2D eigenvalue weighted by Gasteiger charge is -2.26. The first-order valence-electron chi connectivity index (χ1n) is 20.8. The van der Waals surface area contributed by atoms with E-state index in [9.17, 15) is 0 Å². The molecule has 0 aliphatic heterocycles. The quantitative estimate of drug-likeness (QED) is 0.156. The van der Waals surface area contributed by atoms with Crippen LogP contribution in [0.5, 0.6) is 0 Å². The van der Waals surface area contributed by atoms with Crippen LogP contribution in [0.4, 0.5) is 17.1 Å². The Morgan fingerprint density at radius 1 is 0.328 bits per heavy atom. The Morgan fingerprint density at radius 2 is 0.852 bits per heavy atom. The summed E-state index contributed by atoms with van der Waals surface area (Å²) in [5.74, 6) is 0. The van der Waals surface area contributed by atoms with Gasteiger partial charge in [0, 0.05) is 53.7 Å². The summed E-state index contributed by atoms with van der Waals surface area (Å²) < 4.78 is 4.96. The third-order valence-corrected chi connectivity index (χ3v) is 13.3. The first-order valence-corrected chi connectivity index (χ1v) is 21.6. The number of rotatable bonds is 7. The summed E-state index contributed by atoms with van der Waals surface area (Å²) in [7, 11) is 0. The minimum absolute atomic E-state index is 1.09. The number of para-hydroxylation sites is 2. The van der Waals surface area contributed by atoms with Crippen LogP contribution in [0, 0.1) is 0 Å². The molecule has 0 spiro atoms. The van der Waals surface area contributed by atoms with E-state index in [0.717, 1.165) is 22.7 Å². The van der Waals surface area contributed by atoms with Gasteiger partial charge in [0.2, 0.25) is 0 Å². The lowest BCUT2D eigenvalue weighted by molar-refractivity contribution is 1.17. The van der Waals surface area contributed by atoms with Gasteiger partial charge in [-0.1, -0.05) is 170 Å². The topological polar surface area (TPSA) is 8.17 Å². The lowest BCUT2D eigenvalue weighted by atomic mass is 9.91. The van der Waals surface area contributed by atoms with Gasteiger partial charge in [0.1, 0.15) is 0 Å². The van der Waals surface area contributed by atoms with Crippen molar-refractivity contribution in [2.24, 2.45) is 0 Å². The minimum atomic E-state index is 1.09. The third-order valence-electron chi connectivity index (χ3n) is 12.2. The van der Waals surface area contributed by atoms with E-state index in [2.05, 4.69) is 240 Å². The van der Waals surface area contributed by atoms with E-state index >= 15 is 0 Å². The molecule has 0 unspecified atom stereocenters. The second kappa shape index (κ2) is 14.5. The van der Waals surface area contributed by atoms with Gasteiger partial charge in [0.15, 0.2) is 0 Å². The molecule has 0 aliphatic rings. The number of aromatic nitrogens is 1. The first-order chi connectivity index (χ1) is 30.2. The minimum Gasteiger partial charge on any atom is -0.310 e. The molecule has 0 bridgehead atoms. The zero-order valence-electron chi connectivity index (χ0n) is 33.2. The standard InChI is InChI=1S/C58H38N2S/c1-3-14-39(15-4-1)43-30-34-52-53-35-33-47(38-57(53)61-56(52)36-43)59(45-20-13-21-46(37-45)60-54-26-9-7-22-50(54)51-23-8-10-27-55(51)60)44-31-28-41(29-32-44)49-25-12-19-42-18-11-24-48(58(42)49)40-16-5-2-6-17-40/h1-38H. The Labute approximate surface area is 358 Å². The highest BCUT2D eigenvalue weighted by molar-refractivity contribution is 7.25. The number of benzene rings is 10. The Hall–Kier alpha value is -7.72. The zero-order valence-corrected chi connectivity index (χ0v) is 34.1. The molecule has 0 saturated carbocycles. The van der Waals surface area contributed by atoms with Crippen LogP contribution in [0.25, 0.3) is 91.8 Å². The molecule has 2 heterocycles. The molecule has 0 radical (unpaired) electrons. The number of hydrogen-bond donors (Lipinski definition) is 0. The van der Waals surface area contributed by atoms with Crippen LogP contribution >= 0.6 is 11.3 Å². The average molecular weight is 795 g/mol. The highest BCUT2D eigenvalue weighted by atomic mass is 32.1. The van der Waals surface area contributed by atoms with E-state index in [0.29, 0.717) is 0 Å². The molecule has 0 saturated heterocycles. The Morgan fingerprint density at radius 3 is 1.54 bits per heavy atom. The summed E-state index contributed by atoms with van der Waals surface area (Å²) in [6, 6.07) is 84.2. The molecule has 12 rings (SSSR count). The predicted octanol–water partition coefficient (Wildman–Crippen LogP) is 16.8. The summed E-state index contributed by atoms with van der Waals surface area (Å²) in [4.78, 5) is 2.42. The molecule has 0 fully saturated rings. The fourth-order valence-corrected chi connectivity index (χ4v) is 10.5. The van der Waals surface area contributed by atoms with E-state index in [1.54, 1.807) is 0 Å². The summed E-state index contributed by atoms with van der Waals surface area (Å²) >= 11 is 1.87. The predicted molar refractivity (Wildman–Crippen MR) is 262 cm³/mol. The van der Waals surface area contributed by atoms with Crippen LogP contribution < -0.4 is 4.90 Å². The highest BCUT2D eigenvalue weighted by Crippen LogP contribution is 2.44. The fraction of sp³-hybridized carbons (Fsp3) is 0. The van der Waals surface area contributed by atoms with Crippen molar-refractivity contribution in [1.82, 2.24) is 4.57 Å². The van der Waals surface area contributed by atoms with E-state index in [-0.39, 0.29) is 0 Å². The van der Waals surface area contributed by atoms with Crippen LogP contribution in [-0.4, -0.2) is 4.57 Å². The van der Waals surface area contributed by atoms with Crippen LogP contribution in [0.3, 0.4) is 0 Å². The Balaban J connectivity index is 1.02. The molecule has 0 N–H and O–H groups in total. The third kappa shape index (κ3) is 6.01. The first kappa shape index (κ1) is 35.2. The maximum absolute atomic E-state index is 2.42. The van der Waals surface area contributed by atoms with Crippen molar-refractivity contribution in [3.8, 4) is 39.1 Å². The summed E-state index contributed by atoms with van der Waals surface area (Å²) in [5, 5.41) is 7.59. The average Bonchev–Trinajstić information content (AvgIpc) is 3.87. The second-order valence-corrected chi connectivity index (χ2v) is 16.8. The van der Waals surface area contributed by atoms with Crippen LogP contribution in [-0.2, 0) is 0 Å². The Bertz CT molecular complexity index is 3520. The van der Waals surface area contributed by atoms with Gasteiger partial charge in [0.25, 0.3) is 0 Å². The van der Waals surface area contributed by atoms with Crippen molar-refractivity contribution < 1.29 is 0 Å². The van der Waals surface area contributed by atoms with Crippen molar-refractivity contribution in [3.05, 3.63) is 231 Å². The summed E-state index contributed by atoms with van der Waals surface area (Å²) in [5.41, 5.74) is 14.2. The largest absolute Gasteiger partial charge is 0.310 e. The molecule has 12 aromatic rings. The highest BCUT2D eigenvalue weighted by Gasteiger charge is 2.19. The molecule has 2 aromatic heterocycles. The van der Waals surface area contributed by atoms with Gasteiger partial charge in [-0.15, -0.1) is 11.3 Å². The normalized spacial score (nSPS) is 11.6. The van der Waals surface area contributed by atoms with E-state index in [4.69, 9.17) is 0 Å². The molecular formula is C58H38N2S. The molecule has 0 aliphatic carbocycles. The van der Waals surface area contributed by atoms with Gasteiger partial charge >= 0.3 is 0 Å². The summed E-state index contributed by atoms with van der Waals surface area (Å²) in [6.45, 7) is 0. The number of anilines is 3. The van der Waals surface area contributed by atoms with Crippen molar-refractivity contribution in [2.75, 3.05) is 4.90 Å². The fourth-order valence-electron chi connectivity index (χ4n) is 9.36. The van der Waals surface area contributed by atoms with Gasteiger partial charge in [-0.05, 0) is 105 Å². The molecular weight excluding hydrogens is 757 g/mol. The van der Waals surface area contributed by atoms with Crippen molar-refractivity contribution in [2.45, 2.75) is 0 Å². The molecule has 0 atom stereocenters. The number of fused-ring (bicyclic) bond motifs is 7. The van der Waals surface area contributed by atoms with Crippen molar-refractivity contribution >= 4 is 81.1 Å². The molecule has 2 nitrogen and oxygen atoms in total. The van der Waals surface area contributed by atoms with Crippen LogP contribution in [0.15, 0.2) is 231 Å². The summed E-state index contributed by atoms with van der Waals surface area (Å²) in [6.07, 6.45) is 0. The van der Waals surface area contributed by atoms with E-state index < -0.39 is 0 Å². The maximum atomic E-state index is 2.42. The van der Waals surface area contributed by atoms with Gasteiger partial charge in [-0.25, -0.2) is 0 Å². The second-order valence-electron chi connectivity index (χ2n) is 15.7. The van der Waals surface area contributed by atoms with Crippen LogP contribution in [0.1, 0.15) is 0 Å². The lowest BCUT2D eigenvalue weighted by Crippen LogP contribution is -2.10. The molecule has 286 valence electrons. The van der Waals surface area contributed by atoms with E-state index in [1.807, 2.05) is 11.3 Å². The van der Waals surface area contributed by atoms with E-state index in [1.165, 1.54) is 86.1 Å². The smallest absolute Gasteiger partial charge is 0.0541 e. The van der Waals surface area contributed by atoms with Crippen molar-refractivity contribution in [1.29, 1.82) is 0 Å². The molecule has 3 heteroatoms. The van der Waals surface area contributed by atoms with Gasteiger partial charge in [-0.3, -0.25) is 0 Å². The van der Waals surface area contributed by atoms with Gasteiger partial charge in [0.05, 0.1) is 11.0 Å². The molecule has 61 heavy (non-hydrogen) atoms. The molecule has 10 aromatic carbocycles. The number of nitrogens with zero attached hydrogens (tertiary/aromatic N) is 2. The van der Waals surface area contributed by atoms with Crippen LogP contribution in [0.2, 0.25) is 0 Å². The van der Waals surface area contributed by atoms with Gasteiger partial charge < -0.3 is 9.47 Å². The monoisotopic (exact) mass is 794 g/mol. The number of thiophene rings is 1. The van der Waals surface area contributed by atoms with Crippen molar-refractivity contribution in [3.63, 3.8) is 0 Å². The Kier molecular flexibility index (Phi) is 8.39. The molecule has 0 amide bonds. The maximum Gasteiger partial charge on any atom is 0.0541 e. The van der Waals surface area contributed by atoms with Gasteiger partial charge in [-0.2, -0.15) is 0 Å².